The van der Waals surface area contributed by atoms with Crippen molar-refractivity contribution in [1.82, 2.24) is 14.5 Å². The SMILES string of the molecule is [C-]#[N+]c1ccc2c(c1)c1ccccc1n2-c1cnc2c(c1)C1(c3ccccc3Oc3cc(N4c5ccccc5Sc5ccccc54)ccc31)c1cccnc1-2. The number of fused-ring (bicyclic) bond motifs is 14. The molecule has 0 bridgehead atoms. The third-order valence-corrected chi connectivity index (χ3v) is 12.5. The minimum absolute atomic E-state index is 0.619. The van der Waals surface area contributed by atoms with Crippen LogP contribution in [0.5, 0.6) is 11.5 Å². The fraction of sp³-hybridized carbons (Fsp3) is 0.0208. The highest BCUT2D eigenvalue weighted by atomic mass is 32.2. The quantitative estimate of drug-likeness (QED) is 0.166. The van der Waals surface area contributed by atoms with Gasteiger partial charge in [0.25, 0.3) is 0 Å². The Labute approximate surface area is 320 Å². The van der Waals surface area contributed by atoms with Crippen molar-refractivity contribution in [2.24, 2.45) is 0 Å². The Morgan fingerprint density at radius 3 is 2.13 bits per heavy atom. The molecule has 0 radical (unpaired) electrons. The molecular formula is C48H27N5OS. The summed E-state index contributed by atoms with van der Waals surface area (Å²) in [4.78, 5) is 18.8. The number of pyridine rings is 2. The fourth-order valence-corrected chi connectivity index (χ4v) is 10.2. The standard InChI is InChI=1S/C48H27N5OS/c1-49-29-20-23-39-33(25-29)32-11-2-4-14-38(32)53(39)31-26-37-47(51-28-31)46-36(13-10-24-50-46)48(37)34-12-3-7-17-42(34)54-43-27-30(21-22-35(43)48)52-40-15-5-8-18-44(40)55-45-19-9-6-16-41(45)52/h2-28H. The molecule has 6 aromatic carbocycles. The highest BCUT2D eigenvalue weighted by Gasteiger charge is 2.52. The average Bonchev–Trinajstić information content (AvgIpc) is 3.72. The molecule has 5 heterocycles. The maximum Gasteiger partial charge on any atom is 0.188 e. The van der Waals surface area contributed by atoms with Crippen LogP contribution in [0.25, 0.3) is 43.7 Å². The van der Waals surface area contributed by atoms with Crippen molar-refractivity contribution in [3.63, 3.8) is 0 Å². The molecule has 12 rings (SSSR count). The van der Waals surface area contributed by atoms with Crippen molar-refractivity contribution in [1.29, 1.82) is 0 Å². The van der Waals surface area contributed by atoms with E-state index in [1.165, 1.54) is 9.79 Å². The maximum atomic E-state index is 7.70. The van der Waals surface area contributed by atoms with E-state index in [-0.39, 0.29) is 0 Å². The second kappa shape index (κ2) is 11.2. The van der Waals surface area contributed by atoms with Crippen LogP contribution in [0, 0.1) is 6.57 Å². The second-order valence-corrected chi connectivity index (χ2v) is 15.1. The van der Waals surface area contributed by atoms with Gasteiger partial charge in [0.1, 0.15) is 11.5 Å². The summed E-state index contributed by atoms with van der Waals surface area (Å²) >= 11 is 1.80. The second-order valence-electron chi connectivity index (χ2n) is 14.1. The van der Waals surface area contributed by atoms with E-state index < -0.39 is 5.41 Å². The summed E-state index contributed by atoms with van der Waals surface area (Å²) in [6, 6.07) is 53.1. The van der Waals surface area contributed by atoms with E-state index in [0.717, 1.165) is 89.7 Å². The Bertz CT molecular complexity index is 3120. The molecule has 9 aromatic rings. The summed E-state index contributed by atoms with van der Waals surface area (Å²) in [5, 5.41) is 2.13. The molecule has 3 aromatic heterocycles. The topological polar surface area (TPSA) is 47.5 Å². The first-order valence-corrected chi connectivity index (χ1v) is 19.0. The van der Waals surface area contributed by atoms with E-state index in [1.54, 1.807) is 11.8 Å². The molecule has 0 saturated carbocycles. The molecule has 1 spiro atoms. The van der Waals surface area contributed by atoms with Gasteiger partial charge in [0.15, 0.2) is 5.69 Å². The third-order valence-electron chi connectivity index (χ3n) is 11.3. The number of benzene rings is 6. The van der Waals surface area contributed by atoms with Crippen molar-refractivity contribution in [2.45, 2.75) is 15.2 Å². The molecule has 256 valence electrons. The van der Waals surface area contributed by atoms with Gasteiger partial charge in [-0.15, -0.1) is 0 Å². The molecule has 1 aliphatic carbocycles. The largest absolute Gasteiger partial charge is 0.457 e. The van der Waals surface area contributed by atoms with E-state index in [1.807, 2.05) is 36.7 Å². The number of para-hydroxylation sites is 4. The van der Waals surface area contributed by atoms with E-state index in [9.17, 15) is 0 Å². The van der Waals surface area contributed by atoms with Crippen molar-refractivity contribution >= 4 is 56.3 Å². The van der Waals surface area contributed by atoms with E-state index in [4.69, 9.17) is 21.3 Å². The number of ether oxygens (including phenoxy) is 1. The Hall–Kier alpha value is -7.14. The van der Waals surface area contributed by atoms with Crippen molar-refractivity contribution in [3.05, 3.63) is 198 Å². The lowest BCUT2D eigenvalue weighted by Gasteiger charge is -2.40. The van der Waals surface area contributed by atoms with Gasteiger partial charge >= 0.3 is 0 Å². The number of aromatic nitrogens is 3. The van der Waals surface area contributed by atoms with Gasteiger partial charge in [-0.25, -0.2) is 4.85 Å². The molecule has 3 aliphatic rings. The minimum atomic E-state index is -0.756. The van der Waals surface area contributed by atoms with Gasteiger partial charge in [0, 0.05) is 49.8 Å². The molecule has 2 aliphatic heterocycles. The van der Waals surface area contributed by atoms with Gasteiger partial charge in [-0.05, 0) is 77.7 Å². The third kappa shape index (κ3) is 4.04. The lowest BCUT2D eigenvalue weighted by Crippen LogP contribution is -2.32. The normalized spacial score (nSPS) is 15.7. The van der Waals surface area contributed by atoms with Crippen molar-refractivity contribution in [2.75, 3.05) is 4.90 Å². The van der Waals surface area contributed by atoms with Crippen molar-refractivity contribution in [3.8, 4) is 28.6 Å². The molecule has 1 unspecified atom stereocenters. The zero-order valence-electron chi connectivity index (χ0n) is 29.1. The Morgan fingerprint density at radius 1 is 0.564 bits per heavy atom. The van der Waals surface area contributed by atoms with Gasteiger partial charge < -0.3 is 14.2 Å². The lowest BCUT2D eigenvalue weighted by molar-refractivity contribution is 0.436. The smallest absolute Gasteiger partial charge is 0.188 e. The fourth-order valence-electron chi connectivity index (χ4n) is 9.14. The summed E-state index contributed by atoms with van der Waals surface area (Å²) < 4.78 is 9.21. The predicted molar refractivity (Wildman–Crippen MR) is 219 cm³/mol. The van der Waals surface area contributed by atoms with Crippen LogP contribution in [0.2, 0.25) is 0 Å². The number of nitrogens with zero attached hydrogens (tertiary/aromatic N) is 5. The Balaban J connectivity index is 1.13. The summed E-state index contributed by atoms with van der Waals surface area (Å²) in [5.41, 5.74) is 12.1. The average molecular weight is 722 g/mol. The molecule has 0 saturated heterocycles. The van der Waals surface area contributed by atoms with Gasteiger partial charge in [-0.2, -0.15) is 0 Å². The predicted octanol–water partition coefficient (Wildman–Crippen LogP) is 12.5. The molecular weight excluding hydrogens is 695 g/mol. The van der Waals surface area contributed by atoms with Crippen LogP contribution in [-0.4, -0.2) is 14.5 Å². The Morgan fingerprint density at radius 2 is 1.27 bits per heavy atom. The number of hydrogen-bond donors (Lipinski definition) is 0. The first-order chi connectivity index (χ1) is 27.2. The van der Waals surface area contributed by atoms with E-state index in [0.29, 0.717) is 5.69 Å². The van der Waals surface area contributed by atoms with Crippen LogP contribution in [0.3, 0.4) is 0 Å². The molecule has 0 N–H and O–H groups in total. The molecule has 7 heteroatoms. The summed E-state index contributed by atoms with van der Waals surface area (Å²) in [6.45, 7) is 7.70. The Kier molecular flexibility index (Phi) is 6.17. The summed E-state index contributed by atoms with van der Waals surface area (Å²) in [5.74, 6) is 1.60. The van der Waals surface area contributed by atoms with Crippen LogP contribution < -0.4 is 9.64 Å². The zero-order valence-corrected chi connectivity index (χ0v) is 30.0. The summed E-state index contributed by atoms with van der Waals surface area (Å²) in [6.07, 6.45) is 3.82. The molecule has 1 atom stereocenters. The van der Waals surface area contributed by atoms with Crippen LogP contribution >= 0.6 is 11.8 Å². The van der Waals surface area contributed by atoms with E-state index in [2.05, 4.69) is 142 Å². The zero-order chi connectivity index (χ0) is 36.3. The highest BCUT2D eigenvalue weighted by molar-refractivity contribution is 7.99. The van der Waals surface area contributed by atoms with Crippen molar-refractivity contribution < 1.29 is 4.74 Å². The number of anilines is 3. The van der Waals surface area contributed by atoms with Crippen LogP contribution in [-0.2, 0) is 5.41 Å². The molecule has 0 fully saturated rings. The number of hydrogen-bond acceptors (Lipinski definition) is 5. The first kappa shape index (κ1) is 30.3. The van der Waals surface area contributed by atoms with Gasteiger partial charge in [0.2, 0.25) is 0 Å². The monoisotopic (exact) mass is 721 g/mol. The minimum Gasteiger partial charge on any atom is -0.457 e. The van der Waals surface area contributed by atoms with Gasteiger partial charge in [-0.3, -0.25) is 9.97 Å². The van der Waals surface area contributed by atoms with Crippen LogP contribution in [0.4, 0.5) is 22.7 Å². The molecule has 0 amide bonds. The molecule has 6 nitrogen and oxygen atoms in total. The van der Waals surface area contributed by atoms with Gasteiger partial charge in [0.05, 0.1) is 57.7 Å². The van der Waals surface area contributed by atoms with Gasteiger partial charge in [-0.1, -0.05) is 90.6 Å². The first-order valence-electron chi connectivity index (χ1n) is 18.2. The maximum absolute atomic E-state index is 7.70. The molecule has 55 heavy (non-hydrogen) atoms. The number of rotatable bonds is 2. The van der Waals surface area contributed by atoms with Crippen LogP contribution in [0.15, 0.2) is 174 Å². The van der Waals surface area contributed by atoms with Crippen LogP contribution in [0.1, 0.15) is 22.3 Å². The van der Waals surface area contributed by atoms with E-state index >= 15 is 0 Å². The lowest BCUT2D eigenvalue weighted by atomic mass is 9.66. The summed E-state index contributed by atoms with van der Waals surface area (Å²) in [7, 11) is 0. The highest BCUT2D eigenvalue weighted by Crippen LogP contribution is 2.62.